The zero-order chi connectivity index (χ0) is 20.4. The molecule has 2 atom stereocenters. The average Bonchev–Trinajstić information content (AvgIpc) is 3.17. The number of amides is 2. The summed E-state index contributed by atoms with van der Waals surface area (Å²) in [5, 5.41) is 7.62. The summed E-state index contributed by atoms with van der Waals surface area (Å²) in [5.41, 5.74) is 0.758. The molecule has 154 valence electrons. The minimum atomic E-state index is -0.0169. The summed E-state index contributed by atoms with van der Waals surface area (Å²) in [6.07, 6.45) is 2.79. The van der Waals surface area contributed by atoms with Crippen LogP contribution in [0.5, 0.6) is 0 Å². The Balaban J connectivity index is 1.36. The molecular formula is C23H30N3O2S+. The van der Waals surface area contributed by atoms with Crippen molar-refractivity contribution in [1.82, 2.24) is 10.2 Å². The van der Waals surface area contributed by atoms with Crippen LogP contribution in [-0.4, -0.2) is 52.5 Å². The fourth-order valence-corrected chi connectivity index (χ4v) is 5.72. The normalized spacial score (nSPS) is 22.0. The molecular weight excluding hydrogens is 382 g/mol. The zero-order valence-electron chi connectivity index (χ0n) is 17.2. The molecule has 2 heterocycles. The van der Waals surface area contributed by atoms with Gasteiger partial charge in [0.05, 0.1) is 5.75 Å². The largest absolute Gasteiger partial charge is 0.348 e. The predicted octanol–water partition coefficient (Wildman–Crippen LogP) is 2.37. The van der Waals surface area contributed by atoms with E-state index in [1.165, 1.54) is 0 Å². The number of hydrogen-bond acceptors (Lipinski definition) is 3. The van der Waals surface area contributed by atoms with Crippen LogP contribution in [0, 0.1) is 0 Å². The number of carbonyl (C=O) groups excluding carboxylic acids is 2. The van der Waals surface area contributed by atoms with E-state index in [0.717, 1.165) is 54.4 Å². The SMILES string of the molecule is CC[C@@H](C)NC(=O)[C@@H]1CSC2(CCN(C(=O)c3ccc4ccccc4c3)CC2)[NH2+]1. The van der Waals surface area contributed by atoms with Gasteiger partial charge >= 0.3 is 0 Å². The molecule has 2 aliphatic rings. The first-order valence-corrected chi connectivity index (χ1v) is 11.6. The maximum atomic E-state index is 13.0. The number of piperidine rings is 1. The van der Waals surface area contributed by atoms with Crippen LogP contribution >= 0.6 is 11.8 Å². The standard InChI is InChI=1S/C23H29N3O2S/c1-3-16(2)24-21(27)20-15-29-23(25-20)10-12-26(13-11-23)22(28)19-9-8-17-6-4-5-7-18(17)14-19/h4-9,14,16,20,25H,3,10-13,15H2,1-2H3,(H,24,27)/p+1/t16-,20+/m1/s1. The summed E-state index contributed by atoms with van der Waals surface area (Å²) in [5.74, 6) is 1.11. The number of nitrogens with zero attached hydrogens (tertiary/aromatic N) is 1. The average molecular weight is 413 g/mol. The van der Waals surface area contributed by atoms with Crippen molar-refractivity contribution in [3.63, 3.8) is 0 Å². The van der Waals surface area contributed by atoms with Gasteiger partial charge in [-0.3, -0.25) is 9.59 Å². The third kappa shape index (κ3) is 4.28. The first-order chi connectivity index (χ1) is 14.0. The van der Waals surface area contributed by atoms with Gasteiger partial charge in [-0.15, -0.1) is 0 Å². The first-order valence-electron chi connectivity index (χ1n) is 10.6. The molecule has 2 saturated heterocycles. The predicted molar refractivity (Wildman–Crippen MR) is 118 cm³/mol. The van der Waals surface area contributed by atoms with E-state index in [4.69, 9.17) is 0 Å². The van der Waals surface area contributed by atoms with Crippen LogP contribution in [0.3, 0.4) is 0 Å². The highest BCUT2D eigenvalue weighted by Crippen LogP contribution is 2.34. The topological polar surface area (TPSA) is 66.0 Å². The monoisotopic (exact) mass is 412 g/mol. The second-order valence-corrected chi connectivity index (χ2v) is 9.76. The van der Waals surface area contributed by atoms with Crippen molar-refractivity contribution in [3.8, 4) is 0 Å². The van der Waals surface area contributed by atoms with Gasteiger partial charge in [0.15, 0.2) is 6.04 Å². The molecule has 3 N–H and O–H groups in total. The zero-order valence-corrected chi connectivity index (χ0v) is 18.0. The summed E-state index contributed by atoms with van der Waals surface area (Å²) < 4.78 is 0. The quantitative estimate of drug-likeness (QED) is 0.810. The molecule has 29 heavy (non-hydrogen) atoms. The van der Waals surface area contributed by atoms with Crippen molar-refractivity contribution in [2.45, 2.75) is 50.1 Å². The number of hydrogen-bond donors (Lipinski definition) is 2. The van der Waals surface area contributed by atoms with E-state index in [1.54, 1.807) is 0 Å². The molecule has 2 aromatic rings. The highest BCUT2D eigenvalue weighted by atomic mass is 32.2. The Kier molecular flexibility index (Phi) is 5.83. The van der Waals surface area contributed by atoms with Gasteiger partial charge in [-0.05, 0) is 36.2 Å². The lowest BCUT2D eigenvalue weighted by Gasteiger charge is -2.36. The molecule has 5 nitrogen and oxygen atoms in total. The molecule has 2 aliphatic heterocycles. The smallest absolute Gasteiger partial charge is 0.279 e. The number of carbonyl (C=O) groups is 2. The number of nitrogens with one attached hydrogen (secondary N) is 1. The van der Waals surface area contributed by atoms with Gasteiger partial charge in [0, 0.05) is 37.5 Å². The second kappa shape index (κ2) is 8.36. The molecule has 0 unspecified atom stereocenters. The van der Waals surface area contributed by atoms with Crippen LogP contribution in [0.4, 0.5) is 0 Å². The van der Waals surface area contributed by atoms with Crippen molar-refractivity contribution in [1.29, 1.82) is 0 Å². The number of benzene rings is 2. The van der Waals surface area contributed by atoms with Gasteiger partial charge in [0.2, 0.25) is 0 Å². The molecule has 2 amide bonds. The van der Waals surface area contributed by atoms with E-state index in [-0.39, 0.29) is 28.8 Å². The lowest BCUT2D eigenvalue weighted by molar-refractivity contribution is -0.714. The Hall–Kier alpha value is -2.05. The molecule has 0 saturated carbocycles. The van der Waals surface area contributed by atoms with E-state index < -0.39 is 0 Å². The number of rotatable bonds is 4. The van der Waals surface area contributed by atoms with Gasteiger partial charge in [-0.2, -0.15) is 0 Å². The Bertz CT molecular complexity index is 908. The van der Waals surface area contributed by atoms with Crippen LogP contribution in [-0.2, 0) is 4.79 Å². The molecule has 4 rings (SSSR count). The summed E-state index contributed by atoms with van der Waals surface area (Å²) in [6, 6.07) is 14.3. The Labute approximate surface area is 176 Å². The van der Waals surface area contributed by atoms with E-state index in [9.17, 15) is 9.59 Å². The van der Waals surface area contributed by atoms with Crippen molar-refractivity contribution in [2.75, 3.05) is 18.8 Å². The molecule has 0 bridgehead atoms. The Morgan fingerprint density at radius 1 is 1.21 bits per heavy atom. The van der Waals surface area contributed by atoms with Crippen molar-refractivity contribution in [2.24, 2.45) is 0 Å². The van der Waals surface area contributed by atoms with Crippen LogP contribution < -0.4 is 10.6 Å². The number of fused-ring (bicyclic) bond motifs is 1. The molecule has 1 spiro atoms. The number of likely N-dealkylation sites (tertiary alicyclic amines) is 1. The lowest BCUT2D eigenvalue weighted by atomic mass is 10.0. The van der Waals surface area contributed by atoms with Crippen molar-refractivity contribution >= 4 is 34.3 Å². The fraction of sp³-hybridized carbons (Fsp3) is 0.478. The fourth-order valence-electron chi connectivity index (χ4n) is 4.23. The van der Waals surface area contributed by atoms with E-state index >= 15 is 0 Å². The van der Waals surface area contributed by atoms with Crippen LogP contribution in [0.25, 0.3) is 10.8 Å². The number of thioether (sulfide) groups is 1. The molecule has 2 fully saturated rings. The molecule has 6 heteroatoms. The summed E-state index contributed by atoms with van der Waals surface area (Å²) >= 11 is 1.89. The minimum absolute atomic E-state index is 0.0169. The first kappa shape index (κ1) is 20.2. The third-order valence-corrected chi connectivity index (χ3v) is 7.93. The summed E-state index contributed by atoms with van der Waals surface area (Å²) in [6.45, 7) is 5.62. The molecule has 0 aliphatic carbocycles. The Morgan fingerprint density at radius 2 is 1.93 bits per heavy atom. The summed E-state index contributed by atoms with van der Waals surface area (Å²) in [7, 11) is 0. The number of nitrogens with two attached hydrogens (primary N) is 1. The van der Waals surface area contributed by atoms with E-state index in [0.29, 0.717) is 0 Å². The minimum Gasteiger partial charge on any atom is -0.348 e. The highest BCUT2D eigenvalue weighted by Gasteiger charge is 2.48. The van der Waals surface area contributed by atoms with Gasteiger partial charge < -0.3 is 15.5 Å². The molecule has 0 aromatic heterocycles. The van der Waals surface area contributed by atoms with Crippen molar-refractivity contribution in [3.05, 3.63) is 48.0 Å². The summed E-state index contributed by atoms with van der Waals surface area (Å²) in [4.78, 5) is 27.5. The van der Waals surface area contributed by atoms with Crippen molar-refractivity contribution < 1.29 is 14.9 Å². The highest BCUT2D eigenvalue weighted by molar-refractivity contribution is 8.00. The maximum absolute atomic E-state index is 13.0. The molecule has 0 radical (unpaired) electrons. The van der Waals surface area contributed by atoms with E-state index in [2.05, 4.69) is 23.6 Å². The second-order valence-electron chi connectivity index (χ2n) is 8.32. The lowest BCUT2D eigenvalue weighted by Crippen LogP contribution is -3.00. The van der Waals surface area contributed by atoms with Crippen LogP contribution in [0.15, 0.2) is 42.5 Å². The Morgan fingerprint density at radius 3 is 2.66 bits per heavy atom. The van der Waals surface area contributed by atoms with E-state index in [1.807, 2.05) is 60.0 Å². The van der Waals surface area contributed by atoms with Gasteiger partial charge in [0.1, 0.15) is 4.87 Å². The number of quaternary nitrogens is 1. The van der Waals surface area contributed by atoms with Gasteiger partial charge in [-0.25, -0.2) is 0 Å². The van der Waals surface area contributed by atoms with Crippen LogP contribution in [0.1, 0.15) is 43.5 Å². The van der Waals surface area contributed by atoms with Crippen LogP contribution in [0.2, 0.25) is 0 Å². The third-order valence-electron chi connectivity index (χ3n) is 6.29. The maximum Gasteiger partial charge on any atom is 0.279 e. The van der Waals surface area contributed by atoms with Gasteiger partial charge in [-0.1, -0.05) is 49.0 Å². The molecule has 2 aromatic carbocycles. The van der Waals surface area contributed by atoms with Gasteiger partial charge in [0.25, 0.3) is 11.8 Å².